The SMILES string of the molecule is O=C1CC(c2ccccc2)(c2ccccc2)C(=O)N1c1ccccn1. The van der Waals surface area contributed by atoms with Crippen LogP contribution in [0, 0.1) is 0 Å². The summed E-state index contributed by atoms with van der Waals surface area (Å²) in [6, 6.07) is 24.2. The van der Waals surface area contributed by atoms with Crippen LogP contribution in [0.5, 0.6) is 0 Å². The van der Waals surface area contributed by atoms with Crippen LogP contribution in [0.3, 0.4) is 0 Å². The summed E-state index contributed by atoms with van der Waals surface area (Å²) in [7, 11) is 0. The molecule has 0 radical (unpaired) electrons. The molecule has 0 bridgehead atoms. The molecule has 4 rings (SSSR count). The van der Waals surface area contributed by atoms with Crippen LogP contribution in [0.4, 0.5) is 5.82 Å². The molecule has 1 aromatic heterocycles. The van der Waals surface area contributed by atoms with Gasteiger partial charge in [0.15, 0.2) is 0 Å². The molecule has 122 valence electrons. The molecule has 1 aliphatic rings. The summed E-state index contributed by atoms with van der Waals surface area (Å²) < 4.78 is 0. The van der Waals surface area contributed by atoms with E-state index in [9.17, 15) is 9.59 Å². The molecule has 1 fully saturated rings. The molecular formula is C21H16N2O2. The zero-order chi connectivity index (χ0) is 17.3. The zero-order valence-electron chi connectivity index (χ0n) is 13.5. The monoisotopic (exact) mass is 328 g/mol. The molecule has 0 unspecified atom stereocenters. The van der Waals surface area contributed by atoms with Crippen molar-refractivity contribution in [2.24, 2.45) is 0 Å². The van der Waals surface area contributed by atoms with Crippen LogP contribution in [0.2, 0.25) is 0 Å². The Morgan fingerprint density at radius 1 is 0.760 bits per heavy atom. The van der Waals surface area contributed by atoms with E-state index in [-0.39, 0.29) is 18.2 Å². The number of hydrogen-bond donors (Lipinski definition) is 0. The maximum absolute atomic E-state index is 13.5. The lowest BCUT2D eigenvalue weighted by Crippen LogP contribution is -2.39. The lowest BCUT2D eigenvalue weighted by molar-refractivity contribution is -0.122. The molecule has 2 aromatic carbocycles. The van der Waals surface area contributed by atoms with Gasteiger partial charge < -0.3 is 0 Å². The molecule has 2 amide bonds. The summed E-state index contributed by atoms with van der Waals surface area (Å²) in [5.74, 6) is -0.128. The third-order valence-electron chi connectivity index (χ3n) is 4.65. The molecule has 2 heterocycles. The van der Waals surface area contributed by atoms with E-state index in [4.69, 9.17) is 0 Å². The fourth-order valence-electron chi connectivity index (χ4n) is 3.47. The Morgan fingerprint density at radius 2 is 1.32 bits per heavy atom. The molecular weight excluding hydrogens is 312 g/mol. The van der Waals surface area contributed by atoms with Gasteiger partial charge in [-0.3, -0.25) is 9.59 Å². The number of imide groups is 1. The quantitative estimate of drug-likeness (QED) is 0.693. The molecule has 0 saturated carbocycles. The van der Waals surface area contributed by atoms with Crippen molar-refractivity contribution in [3.05, 3.63) is 96.2 Å². The number of carbonyl (C=O) groups excluding carboxylic acids is 2. The van der Waals surface area contributed by atoms with Gasteiger partial charge in [-0.1, -0.05) is 66.7 Å². The minimum Gasteiger partial charge on any atom is -0.274 e. The maximum atomic E-state index is 13.5. The third kappa shape index (κ3) is 2.34. The highest BCUT2D eigenvalue weighted by Crippen LogP contribution is 2.43. The first kappa shape index (κ1) is 15.3. The van der Waals surface area contributed by atoms with Gasteiger partial charge in [-0.25, -0.2) is 9.88 Å². The largest absolute Gasteiger partial charge is 0.274 e. The highest BCUT2D eigenvalue weighted by Gasteiger charge is 2.54. The van der Waals surface area contributed by atoms with E-state index < -0.39 is 5.41 Å². The average Bonchev–Trinajstić information content (AvgIpc) is 2.95. The highest BCUT2D eigenvalue weighted by molar-refractivity contribution is 6.25. The Morgan fingerprint density at radius 3 is 1.84 bits per heavy atom. The van der Waals surface area contributed by atoms with E-state index in [1.165, 1.54) is 4.90 Å². The minimum absolute atomic E-state index is 0.0937. The second kappa shape index (κ2) is 5.98. The number of rotatable bonds is 3. The number of carbonyl (C=O) groups is 2. The van der Waals surface area contributed by atoms with Crippen molar-refractivity contribution < 1.29 is 9.59 Å². The Balaban J connectivity index is 1.92. The zero-order valence-corrected chi connectivity index (χ0v) is 13.5. The Kier molecular flexibility index (Phi) is 3.65. The number of aromatic nitrogens is 1. The van der Waals surface area contributed by atoms with E-state index in [0.717, 1.165) is 11.1 Å². The maximum Gasteiger partial charge on any atom is 0.250 e. The molecule has 1 saturated heterocycles. The lowest BCUT2D eigenvalue weighted by atomic mass is 9.73. The fraction of sp³-hybridized carbons (Fsp3) is 0.0952. The van der Waals surface area contributed by atoms with Gasteiger partial charge in [0, 0.05) is 6.20 Å². The van der Waals surface area contributed by atoms with Gasteiger partial charge >= 0.3 is 0 Å². The van der Waals surface area contributed by atoms with Crippen LogP contribution >= 0.6 is 0 Å². The van der Waals surface area contributed by atoms with Crippen LogP contribution in [0.15, 0.2) is 85.1 Å². The fourth-order valence-corrected chi connectivity index (χ4v) is 3.47. The van der Waals surface area contributed by atoms with Gasteiger partial charge in [-0.05, 0) is 23.3 Å². The predicted octanol–water partition coefficient (Wildman–Crippen LogP) is 3.33. The molecule has 1 aliphatic heterocycles. The van der Waals surface area contributed by atoms with Gasteiger partial charge in [-0.2, -0.15) is 0 Å². The number of nitrogens with zero attached hydrogens (tertiary/aromatic N) is 2. The van der Waals surface area contributed by atoms with Crippen molar-refractivity contribution in [3.63, 3.8) is 0 Å². The van der Waals surface area contributed by atoms with Gasteiger partial charge in [0.1, 0.15) is 11.2 Å². The molecule has 25 heavy (non-hydrogen) atoms. The average molecular weight is 328 g/mol. The summed E-state index contributed by atoms with van der Waals surface area (Å²) in [6.45, 7) is 0. The molecule has 0 N–H and O–H groups in total. The molecule has 3 aromatic rings. The number of anilines is 1. The number of benzene rings is 2. The Bertz CT molecular complexity index is 869. The normalized spacial score (nSPS) is 16.2. The van der Waals surface area contributed by atoms with Crippen molar-refractivity contribution in [1.82, 2.24) is 4.98 Å². The van der Waals surface area contributed by atoms with Crippen molar-refractivity contribution in [3.8, 4) is 0 Å². The van der Waals surface area contributed by atoms with Gasteiger partial charge in [0.25, 0.3) is 5.91 Å². The second-order valence-corrected chi connectivity index (χ2v) is 6.04. The number of amides is 2. The third-order valence-corrected chi connectivity index (χ3v) is 4.65. The summed E-state index contributed by atoms with van der Waals surface area (Å²) in [6.07, 6.45) is 1.68. The Labute approximate surface area is 145 Å². The van der Waals surface area contributed by atoms with Crippen LogP contribution in [0.1, 0.15) is 17.5 Å². The van der Waals surface area contributed by atoms with Gasteiger partial charge in [0.2, 0.25) is 5.91 Å². The lowest BCUT2D eigenvalue weighted by Gasteiger charge is -2.28. The minimum atomic E-state index is -1.02. The van der Waals surface area contributed by atoms with Gasteiger partial charge in [0.05, 0.1) is 6.42 Å². The molecule has 4 heteroatoms. The summed E-state index contributed by atoms with van der Waals surface area (Å²) in [5, 5.41) is 0. The van der Waals surface area contributed by atoms with Crippen LogP contribution < -0.4 is 4.90 Å². The van der Waals surface area contributed by atoms with E-state index in [1.54, 1.807) is 24.4 Å². The van der Waals surface area contributed by atoms with Gasteiger partial charge in [-0.15, -0.1) is 0 Å². The topological polar surface area (TPSA) is 50.3 Å². The first-order valence-corrected chi connectivity index (χ1v) is 8.13. The molecule has 0 aliphatic carbocycles. The van der Waals surface area contributed by atoms with Crippen LogP contribution in [-0.4, -0.2) is 16.8 Å². The first-order valence-electron chi connectivity index (χ1n) is 8.13. The highest BCUT2D eigenvalue weighted by atomic mass is 16.2. The number of pyridine rings is 1. The molecule has 0 atom stereocenters. The molecule has 4 nitrogen and oxygen atoms in total. The predicted molar refractivity (Wildman–Crippen MR) is 95.0 cm³/mol. The second-order valence-electron chi connectivity index (χ2n) is 6.04. The summed E-state index contributed by atoms with van der Waals surface area (Å²) in [5.41, 5.74) is 0.618. The van der Waals surface area contributed by atoms with Crippen molar-refractivity contribution in [2.75, 3.05) is 4.90 Å². The van der Waals surface area contributed by atoms with Crippen LogP contribution in [0.25, 0.3) is 0 Å². The smallest absolute Gasteiger partial charge is 0.250 e. The standard InChI is InChI=1S/C21H16N2O2/c24-19-15-21(16-9-3-1-4-10-16,17-11-5-2-6-12-17)20(25)23(19)18-13-7-8-14-22-18/h1-14H,15H2. The van der Waals surface area contributed by atoms with Crippen molar-refractivity contribution in [2.45, 2.75) is 11.8 Å². The summed E-state index contributed by atoms with van der Waals surface area (Å²) >= 11 is 0. The summed E-state index contributed by atoms with van der Waals surface area (Å²) in [4.78, 5) is 31.7. The van der Waals surface area contributed by atoms with Crippen LogP contribution in [-0.2, 0) is 15.0 Å². The molecule has 0 spiro atoms. The van der Waals surface area contributed by atoms with E-state index in [0.29, 0.717) is 5.82 Å². The number of hydrogen-bond acceptors (Lipinski definition) is 3. The van der Waals surface area contributed by atoms with E-state index in [1.807, 2.05) is 60.7 Å². The Hall–Kier alpha value is -3.27. The van der Waals surface area contributed by atoms with Crippen molar-refractivity contribution >= 4 is 17.6 Å². The van der Waals surface area contributed by atoms with E-state index in [2.05, 4.69) is 4.98 Å². The first-order chi connectivity index (χ1) is 12.2. The van der Waals surface area contributed by atoms with Crippen molar-refractivity contribution in [1.29, 1.82) is 0 Å². The van der Waals surface area contributed by atoms with E-state index >= 15 is 0 Å².